The Hall–Kier alpha value is -1.75. The number of rotatable bonds is 11. The highest BCUT2D eigenvalue weighted by atomic mass is 16.5. The fraction of sp³-hybridized carbons (Fsp3) is 0.650. The number of hydrogen-bond acceptors (Lipinski definition) is 3. The molecule has 0 aliphatic rings. The van der Waals surface area contributed by atoms with Gasteiger partial charge in [0.2, 0.25) is 0 Å². The number of guanidine groups is 1. The Morgan fingerprint density at radius 1 is 1.20 bits per heavy atom. The molecule has 1 aromatic rings. The molecule has 1 rings (SSSR count). The maximum atomic E-state index is 6.07. The van der Waals surface area contributed by atoms with Crippen LogP contribution < -0.4 is 15.4 Å². The molecular weight excluding hydrogens is 314 g/mol. The van der Waals surface area contributed by atoms with Gasteiger partial charge in [-0.2, -0.15) is 0 Å². The van der Waals surface area contributed by atoms with Crippen LogP contribution in [0.2, 0.25) is 0 Å². The molecule has 5 nitrogen and oxygen atoms in total. The molecule has 25 heavy (non-hydrogen) atoms. The van der Waals surface area contributed by atoms with Crippen LogP contribution in [0, 0.1) is 6.92 Å². The van der Waals surface area contributed by atoms with Gasteiger partial charge < -0.3 is 20.1 Å². The number of unbranched alkanes of at least 4 members (excludes halogenated alkanes) is 2. The van der Waals surface area contributed by atoms with Crippen molar-refractivity contribution in [2.45, 2.75) is 59.1 Å². The molecule has 142 valence electrons. The number of aliphatic imine (C=N–C) groups is 1. The van der Waals surface area contributed by atoms with Crippen LogP contribution in [0.1, 0.15) is 50.7 Å². The summed E-state index contributed by atoms with van der Waals surface area (Å²) in [4.78, 5) is 4.29. The average molecular weight is 350 g/mol. The van der Waals surface area contributed by atoms with Crippen molar-refractivity contribution in [3.05, 3.63) is 29.3 Å². The number of nitrogens with one attached hydrogen (secondary N) is 2. The summed E-state index contributed by atoms with van der Waals surface area (Å²) in [7, 11) is 3.54. The average Bonchev–Trinajstić information content (AvgIpc) is 2.61. The number of nitrogens with zero attached hydrogens (tertiary/aromatic N) is 1. The summed E-state index contributed by atoms with van der Waals surface area (Å²) >= 11 is 0. The van der Waals surface area contributed by atoms with Crippen LogP contribution in [0.25, 0.3) is 0 Å². The molecule has 2 N–H and O–H groups in total. The molecule has 0 aliphatic carbocycles. The largest absolute Gasteiger partial charge is 0.490 e. The van der Waals surface area contributed by atoms with E-state index < -0.39 is 0 Å². The molecule has 0 bridgehead atoms. The Morgan fingerprint density at radius 3 is 2.68 bits per heavy atom. The summed E-state index contributed by atoms with van der Waals surface area (Å²) in [6.07, 6.45) is 4.57. The van der Waals surface area contributed by atoms with Crippen molar-refractivity contribution in [2.24, 2.45) is 4.99 Å². The quantitative estimate of drug-likeness (QED) is 0.364. The first-order valence-electron chi connectivity index (χ1n) is 9.30. The summed E-state index contributed by atoms with van der Waals surface area (Å²) in [6, 6.07) is 6.35. The fourth-order valence-electron chi connectivity index (χ4n) is 2.37. The third kappa shape index (κ3) is 8.77. The first kappa shape index (κ1) is 21.3. The predicted molar refractivity (Wildman–Crippen MR) is 105 cm³/mol. The molecule has 0 saturated heterocycles. The van der Waals surface area contributed by atoms with Gasteiger partial charge in [0.25, 0.3) is 0 Å². The second kappa shape index (κ2) is 12.6. The summed E-state index contributed by atoms with van der Waals surface area (Å²) in [5.41, 5.74) is 2.36. The second-order valence-electron chi connectivity index (χ2n) is 6.35. The summed E-state index contributed by atoms with van der Waals surface area (Å²) in [5, 5.41) is 6.73. The number of methoxy groups -OCH3 is 1. The second-order valence-corrected chi connectivity index (χ2v) is 6.35. The maximum Gasteiger partial charge on any atom is 0.191 e. The Bertz CT molecular complexity index is 518. The summed E-state index contributed by atoms with van der Waals surface area (Å²) < 4.78 is 11.1. The SMILES string of the molecule is CCC(C)Oc1cc(C)ccc1CNC(=NC)NCCCCCOC. The molecule has 0 radical (unpaired) electrons. The molecule has 0 amide bonds. The van der Waals surface area contributed by atoms with E-state index in [1.807, 2.05) is 0 Å². The highest BCUT2D eigenvalue weighted by Crippen LogP contribution is 2.22. The van der Waals surface area contributed by atoms with Crippen molar-refractivity contribution in [3.8, 4) is 5.75 Å². The smallest absolute Gasteiger partial charge is 0.191 e. The van der Waals surface area contributed by atoms with E-state index in [2.05, 4.69) is 54.6 Å². The number of aryl methyl sites for hydroxylation is 1. The van der Waals surface area contributed by atoms with Crippen molar-refractivity contribution in [1.82, 2.24) is 10.6 Å². The van der Waals surface area contributed by atoms with Gasteiger partial charge in [0.1, 0.15) is 5.75 Å². The third-order valence-electron chi connectivity index (χ3n) is 4.11. The highest BCUT2D eigenvalue weighted by Gasteiger charge is 2.08. The van der Waals surface area contributed by atoms with Crippen molar-refractivity contribution >= 4 is 5.96 Å². The minimum atomic E-state index is 0.213. The van der Waals surface area contributed by atoms with Crippen LogP contribution >= 0.6 is 0 Å². The number of hydrogen-bond donors (Lipinski definition) is 2. The van der Waals surface area contributed by atoms with E-state index in [1.54, 1.807) is 14.2 Å². The zero-order valence-electron chi connectivity index (χ0n) is 16.5. The van der Waals surface area contributed by atoms with Gasteiger partial charge in [-0.3, -0.25) is 4.99 Å². The lowest BCUT2D eigenvalue weighted by Crippen LogP contribution is -2.37. The topological polar surface area (TPSA) is 54.9 Å². The normalized spacial score (nSPS) is 12.8. The Morgan fingerprint density at radius 2 is 2.00 bits per heavy atom. The molecule has 0 heterocycles. The lowest BCUT2D eigenvalue weighted by molar-refractivity contribution is 0.192. The third-order valence-corrected chi connectivity index (χ3v) is 4.11. The minimum absolute atomic E-state index is 0.213. The Labute approximate surface area is 153 Å². The molecule has 1 atom stereocenters. The van der Waals surface area contributed by atoms with E-state index in [1.165, 1.54) is 5.56 Å². The Balaban J connectivity index is 2.49. The maximum absolute atomic E-state index is 6.07. The van der Waals surface area contributed by atoms with Crippen LogP contribution in [-0.4, -0.2) is 39.4 Å². The first-order valence-corrected chi connectivity index (χ1v) is 9.30. The van der Waals surface area contributed by atoms with Gasteiger partial charge in [0.15, 0.2) is 5.96 Å². The first-order chi connectivity index (χ1) is 12.1. The van der Waals surface area contributed by atoms with Crippen molar-refractivity contribution < 1.29 is 9.47 Å². The lowest BCUT2D eigenvalue weighted by atomic mass is 10.1. The van der Waals surface area contributed by atoms with Crippen molar-refractivity contribution in [3.63, 3.8) is 0 Å². The van der Waals surface area contributed by atoms with E-state index in [4.69, 9.17) is 9.47 Å². The van der Waals surface area contributed by atoms with E-state index in [0.29, 0.717) is 6.54 Å². The van der Waals surface area contributed by atoms with Gasteiger partial charge in [-0.25, -0.2) is 0 Å². The van der Waals surface area contributed by atoms with Crippen LogP contribution in [-0.2, 0) is 11.3 Å². The van der Waals surface area contributed by atoms with E-state index in [0.717, 1.165) is 56.1 Å². The van der Waals surface area contributed by atoms with Gasteiger partial charge in [-0.05, 0) is 51.2 Å². The van der Waals surface area contributed by atoms with E-state index in [-0.39, 0.29) is 6.10 Å². The molecular formula is C20H35N3O2. The summed E-state index contributed by atoms with van der Waals surface area (Å²) in [5.74, 6) is 1.78. The molecule has 0 fully saturated rings. The van der Waals surface area contributed by atoms with E-state index in [9.17, 15) is 0 Å². The van der Waals surface area contributed by atoms with Crippen LogP contribution in [0.5, 0.6) is 5.75 Å². The molecule has 1 unspecified atom stereocenters. The van der Waals surface area contributed by atoms with Gasteiger partial charge >= 0.3 is 0 Å². The van der Waals surface area contributed by atoms with Crippen molar-refractivity contribution in [2.75, 3.05) is 27.3 Å². The molecule has 5 heteroatoms. The highest BCUT2D eigenvalue weighted by molar-refractivity contribution is 5.79. The Kier molecular flexibility index (Phi) is 10.7. The van der Waals surface area contributed by atoms with Gasteiger partial charge in [-0.1, -0.05) is 19.1 Å². The van der Waals surface area contributed by atoms with Gasteiger partial charge in [0.05, 0.1) is 6.10 Å². The molecule has 0 aromatic heterocycles. The zero-order chi connectivity index (χ0) is 18.5. The lowest BCUT2D eigenvalue weighted by Gasteiger charge is -2.18. The predicted octanol–water partition coefficient (Wildman–Crippen LogP) is 3.65. The molecule has 0 aliphatic heterocycles. The number of ether oxygens (including phenoxy) is 2. The molecule has 0 spiro atoms. The monoisotopic (exact) mass is 349 g/mol. The zero-order valence-corrected chi connectivity index (χ0v) is 16.5. The van der Waals surface area contributed by atoms with E-state index >= 15 is 0 Å². The van der Waals surface area contributed by atoms with Crippen molar-refractivity contribution in [1.29, 1.82) is 0 Å². The van der Waals surface area contributed by atoms with Gasteiger partial charge in [0, 0.05) is 39.4 Å². The van der Waals surface area contributed by atoms with Crippen LogP contribution in [0.15, 0.2) is 23.2 Å². The standard InChI is InChI=1S/C20H35N3O2/c1-6-17(3)25-19-14-16(2)10-11-18(19)15-23-20(21-4)22-12-8-7-9-13-24-5/h10-11,14,17H,6-9,12-13,15H2,1-5H3,(H2,21,22,23). The number of benzene rings is 1. The van der Waals surface area contributed by atoms with Crippen LogP contribution in [0.4, 0.5) is 0 Å². The molecule has 1 aromatic carbocycles. The summed E-state index contributed by atoms with van der Waals surface area (Å²) in [6.45, 7) is 8.76. The van der Waals surface area contributed by atoms with Gasteiger partial charge in [-0.15, -0.1) is 0 Å². The fourth-order valence-corrected chi connectivity index (χ4v) is 2.37. The van der Waals surface area contributed by atoms with Crippen LogP contribution in [0.3, 0.4) is 0 Å². The molecule has 0 saturated carbocycles. The minimum Gasteiger partial charge on any atom is -0.490 e.